The van der Waals surface area contributed by atoms with E-state index in [1.165, 1.54) is 6.26 Å². The zero-order valence-corrected chi connectivity index (χ0v) is 17.8. The molecule has 1 aliphatic carbocycles. The molecular weight excluding hydrogens is 463 g/mol. The summed E-state index contributed by atoms with van der Waals surface area (Å²) in [6.07, 6.45) is 5.74. The number of guanidine groups is 1. The zero-order chi connectivity index (χ0) is 16.9. The maximum Gasteiger partial charge on any atom is 0.191 e. The van der Waals surface area contributed by atoms with Crippen LogP contribution >= 0.6 is 35.6 Å². The first-order valence-corrected chi connectivity index (χ1v) is 9.98. The first-order valence-electron chi connectivity index (χ1n) is 7.55. The van der Waals surface area contributed by atoms with Gasteiger partial charge in [-0.15, -0.1) is 24.0 Å². The molecule has 0 unspecified atom stereocenters. The van der Waals surface area contributed by atoms with E-state index in [1.54, 1.807) is 19.3 Å². The van der Waals surface area contributed by atoms with Gasteiger partial charge in [0.1, 0.15) is 15.0 Å². The van der Waals surface area contributed by atoms with Crippen molar-refractivity contribution in [2.24, 2.45) is 10.4 Å². The van der Waals surface area contributed by atoms with Crippen LogP contribution in [0.15, 0.2) is 23.3 Å². The van der Waals surface area contributed by atoms with Crippen molar-refractivity contribution in [1.29, 1.82) is 0 Å². The molecule has 9 heteroatoms. The quantitative estimate of drug-likeness (QED) is 0.266. The normalized spacial score (nSPS) is 16.2. The summed E-state index contributed by atoms with van der Waals surface area (Å²) in [5, 5.41) is 6.94. The number of nitrogens with one attached hydrogen (secondary N) is 2. The Hall–Kier alpha value is -0.610. The van der Waals surface area contributed by atoms with Crippen molar-refractivity contribution in [3.8, 4) is 0 Å². The highest BCUT2D eigenvalue weighted by atomic mass is 127. The van der Waals surface area contributed by atoms with Crippen molar-refractivity contribution in [2.45, 2.75) is 19.3 Å². The minimum atomic E-state index is -2.95. The Kier molecular flexibility index (Phi) is 8.21. The third-order valence-corrected chi connectivity index (χ3v) is 5.24. The fourth-order valence-electron chi connectivity index (χ4n) is 2.48. The van der Waals surface area contributed by atoms with Gasteiger partial charge in [-0.1, -0.05) is 17.7 Å². The van der Waals surface area contributed by atoms with Crippen LogP contribution in [0.3, 0.4) is 0 Å². The molecular formula is C15H24ClIN4O2S. The molecule has 2 rings (SSSR count). The number of pyridine rings is 1. The van der Waals surface area contributed by atoms with Crippen LogP contribution in [0, 0.1) is 5.41 Å². The van der Waals surface area contributed by atoms with E-state index in [0.717, 1.165) is 24.8 Å². The molecule has 0 radical (unpaired) electrons. The molecule has 136 valence electrons. The lowest BCUT2D eigenvalue weighted by molar-refractivity contribution is 0.529. The number of sulfone groups is 1. The van der Waals surface area contributed by atoms with E-state index >= 15 is 0 Å². The summed E-state index contributed by atoms with van der Waals surface area (Å²) in [5.74, 6) is 0.923. The Morgan fingerprint density at radius 3 is 2.58 bits per heavy atom. The molecule has 24 heavy (non-hydrogen) atoms. The molecule has 0 aromatic carbocycles. The van der Waals surface area contributed by atoms with Gasteiger partial charge in [0.25, 0.3) is 0 Å². The first kappa shape index (κ1) is 21.4. The van der Waals surface area contributed by atoms with Gasteiger partial charge in [0.05, 0.1) is 5.75 Å². The smallest absolute Gasteiger partial charge is 0.191 e. The minimum absolute atomic E-state index is 0. The van der Waals surface area contributed by atoms with Crippen LogP contribution in [-0.2, 0) is 16.3 Å². The van der Waals surface area contributed by atoms with E-state index in [0.29, 0.717) is 24.2 Å². The Labute approximate surface area is 165 Å². The maximum atomic E-state index is 11.5. The van der Waals surface area contributed by atoms with E-state index in [4.69, 9.17) is 11.6 Å². The molecule has 0 atom stereocenters. The molecule has 0 saturated heterocycles. The second-order valence-electron chi connectivity index (χ2n) is 6.16. The van der Waals surface area contributed by atoms with Crippen LogP contribution in [0.2, 0.25) is 5.15 Å². The van der Waals surface area contributed by atoms with E-state index in [9.17, 15) is 8.42 Å². The van der Waals surface area contributed by atoms with Crippen LogP contribution < -0.4 is 10.6 Å². The number of hydrogen-bond acceptors (Lipinski definition) is 4. The molecule has 0 bridgehead atoms. The lowest BCUT2D eigenvalue weighted by atomic mass is 10.1. The van der Waals surface area contributed by atoms with Crippen LogP contribution in [0.1, 0.15) is 18.4 Å². The first-order chi connectivity index (χ1) is 10.8. The summed E-state index contributed by atoms with van der Waals surface area (Å²) in [4.78, 5) is 8.21. The van der Waals surface area contributed by atoms with E-state index in [-0.39, 0.29) is 35.1 Å². The monoisotopic (exact) mass is 486 g/mol. The van der Waals surface area contributed by atoms with Gasteiger partial charge in [-0.2, -0.15) is 0 Å². The van der Waals surface area contributed by atoms with E-state index in [2.05, 4.69) is 20.6 Å². The molecule has 1 heterocycles. The molecule has 2 N–H and O–H groups in total. The zero-order valence-electron chi connectivity index (χ0n) is 13.9. The topological polar surface area (TPSA) is 83.4 Å². The standard InChI is InChI=1S/C15H23ClN4O2S.HI/c1-17-14(18-8-5-12-3-4-13(16)19-9-12)20-10-15(6-7-15)11-23(2,21)22;/h3-4,9H,5-8,10-11H2,1-2H3,(H2,17,18,20);1H. The number of rotatable bonds is 7. The van der Waals surface area contributed by atoms with E-state index in [1.807, 2.05) is 6.07 Å². The third-order valence-electron chi connectivity index (χ3n) is 3.87. The summed E-state index contributed by atoms with van der Waals surface area (Å²) < 4.78 is 22.9. The van der Waals surface area contributed by atoms with Crippen molar-refractivity contribution in [3.05, 3.63) is 29.0 Å². The van der Waals surface area contributed by atoms with Crippen molar-refractivity contribution in [3.63, 3.8) is 0 Å². The van der Waals surface area contributed by atoms with Gasteiger partial charge in [-0.3, -0.25) is 4.99 Å². The van der Waals surface area contributed by atoms with Crippen LogP contribution in [0.5, 0.6) is 0 Å². The minimum Gasteiger partial charge on any atom is -0.356 e. The molecule has 1 saturated carbocycles. The van der Waals surface area contributed by atoms with Gasteiger partial charge in [0, 0.05) is 38.0 Å². The second kappa shape index (κ2) is 9.19. The molecule has 1 aliphatic rings. The summed E-state index contributed by atoms with van der Waals surface area (Å²) >= 11 is 5.76. The Bertz CT molecular complexity index is 661. The largest absolute Gasteiger partial charge is 0.356 e. The average molecular weight is 487 g/mol. The fourth-order valence-corrected chi connectivity index (χ4v) is 4.09. The lowest BCUT2D eigenvalue weighted by Gasteiger charge is -2.17. The Morgan fingerprint density at radius 1 is 1.38 bits per heavy atom. The summed E-state index contributed by atoms with van der Waals surface area (Å²) in [5.41, 5.74) is 0.971. The van der Waals surface area contributed by atoms with Crippen molar-refractivity contribution in [2.75, 3.05) is 32.1 Å². The van der Waals surface area contributed by atoms with Crippen LogP contribution in [0.4, 0.5) is 0 Å². The number of halogens is 2. The predicted octanol–water partition coefficient (Wildman–Crippen LogP) is 1.89. The van der Waals surface area contributed by atoms with Gasteiger partial charge in [0.15, 0.2) is 5.96 Å². The Morgan fingerprint density at radius 2 is 2.08 bits per heavy atom. The summed E-state index contributed by atoms with van der Waals surface area (Å²) in [7, 11) is -1.24. The maximum absolute atomic E-state index is 11.5. The molecule has 1 aromatic rings. The predicted molar refractivity (Wildman–Crippen MR) is 109 cm³/mol. The van der Waals surface area contributed by atoms with Gasteiger partial charge in [-0.25, -0.2) is 13.4 Å². The molecule has 0 aliphatic heterocycles. The average Bonchev–Trinajstić information content (AvgIpc) is 3.22. The molecule has 1 fully saturated rings. The Balaban J connectivity index is 0.00000288. The van der Waals surface area contributed by atoms with Crippen LogP contribution in [0.25, 0.3) is 0 Å². The third kappa shape index (κ3) is 7.52. The molecule has 0 amide bonds. The van der Waals surface area contributed by atoms with Crippen molar-refractivity contribution >= 4 is 51.4 Å². The second-order valence-corrected chi connectivity index (χ2v) is 8.69. The summed E-state index contributed by atoms with van der Waals surface area (Å²) in [6.45, 7) is 1.34. The van der Waals surface area contributed by atoms with Crippen LogP contribution in [-0.4, -0.2) is 51.5 Å². The summed E-state index contributed by atoms with van der Waals surface area (Å²) in [6, 6.07) is 3.71. The molecule has 6 nitrogen and oxygen atoms in total. The van der Waals surface area contributed by atoms with Crippen molar-refractivity contribution in [1.82, 2.24) is 15.6 Å². The number of aromatic nitrogens is 1. The van der Waals surface area contributed by atoms with E-state index < -0.39 is 9.84 Å². The lowest BCUT2D eigenvalue weighted by Crippen LogP contribution is -2.42. The number of nitrogens with zero attached hydrogens (tertiary/aromatic N) is 2. The van der Waals surface area contributed by atoms with Gasteiger partial charge in [0.2, 0.25) is 0 Å². The highest BCUT2D eigenvalue weighted by Crippen LogP contribution is 2.45. The van der Waals surface area contributed by atoms with Gasteiger partial charge >= 0.3 is 0 Å². The van der Waals surface area contributed by atoms with Crippen molar-refractivity contribution < 1.29 is 8.42 Å². The SMILES string of the molecule is CN=C(NCCc1ccc(Cl)nc1)NCC1(CS(C)(=O)=O)CC1.I. The highest BCUT2D eigenvalue weighted by molar-refractivity contribution is 14.0. The molecule has 1 aromatic heterocycles. The van der Waals surface area contributed by atoms with Gasteiger partial charge < -0.3 is 10.6 Å². The van der Waals surface area contributed by atoms with Gasteiger partial charge in [-0.05, 0) is 30.9 Å². The fraction of sp³-hybridized carbons (Fsp3) is 0.600. The number of aliphatic imine (C=N–C) groups is 1. The molecule has 0 spiro atoms. The highest BCUT2D eigenvalue weighted by Gasteiger charge is 2.45. The number of hydrogen-bond donors (Lipinski definition) is 2.